The molecule has 2 amide bonds. The minimum atomic E-state index is -0.0965. The molecule has 1 aromatic heterocycles. The Balaban J connectivity index is 1.41. The van der Waals surface area contributed by atoms with Crippen molar-refractivity contribution in [1.29, 1.82) is 0 Å². The molecule has 7 heteroatoms. The minimum Gasteiger partial charge on any atom is -0.494 e. The summed E-state index contributed by atoms with van der Waals surface area (Å²) < 4.78 is 11.0. The van der Waals surface area contributed by atoms with Crippen molar-refractivity contribution in [3.05, 3.63) is 59.1 Å². The van der Waals surface area contributed by atoms with Gasteiger partial charge >= 0.3 is 6.03 Å². The van der Waals surface area contributed by atoms with Crippen LogP contribution in [0.4, 0.5) is 10.5 Å². The van der Waals surface area contributed by atoms with Gasteiger partial charge in [-0.2, -0.15) is 0 Å². The number of carbonyl (C=O) groups is 1. The van der Waals surface area contributed by atoms with E-state index >= 15 is 0 Å². The van der Waals surface area contributed by atoms with Gasteiger partial charge in [0.15, 0.2) is 0 Å². The van der Waals surface area contributed by atoms with Gasteiger partial charge in [0, 0.05) is 29.1 Å². The van der Waals surface area contributed by atoms with Gasteiger partial charge in [-0.3, -0.25) is 0 Å². The highest BCUT2D eigenvalue weighted by molar-refractivity contribution is 7.15. The van der Waals surface area contributed by atoms with Crippen LogP contribution in [0.2, 0.25) is 0 Å². The lowest BCUT2D eigenvalue weighted by Crippen LogP contribution is -2.38. The topological polar surface area (TPSA) is 63.7 Å². The summed E-state index contributed by atoms with van der Waals surface area (Å²) in [5.74, 6) is 1.66. The minimum absolute atomic E-state index is 0.0965. The van der Waals surface area contributed by atoms with Crippen molar-refractivity contribution in [1.82, 2.24) is 9.88 Å². The molecule has 3 aromatic rings. The average molecular weight is 424 g/mol. The van der Waals surface area contributed by atoms with Crippen LogP contribution in [-0.2, 0) is 13.0 Å². The number of ether oxygens (including phenoxy) is 2. The van der Waals surface area contributed by atoms with Gasteiger partial charge in [0.2, 0.25) is 0 Å². The lowest BCUT2D eigenvalue weighted by Gasteiger charge is -2.26. The molecule has 4 rings (SSSR count). The van der Waals surface area contributed by atoms with Gasteiger partial charge < -0.3 is 19.7 Å². The van der Waals surface area contributed by atoms with Crippen LogP contribution in [0, 0.1) is 0 Å². The van der Waals surface area contributed by atoms with Crippen molar-refractivity contribution in [2.75, 3.05) is 25.1 Å². The number of carbonyl (C=O) groups excluding carboxylic acids is 1. The third-order valence-corrected chi connectivity index (χ3v) is 5.98. The lowest BCUT2D eigenvalue weighted by atomic mass is 10.2. The molecule has 1 aliphatic rings. The highest BCUT2D eigenvalue weighted by Crippen LogP contribution is 2.32. The van der Waals surface area contributed by atoms with Crippen LogP contribution >= 0.6 is 11.3 Å². The molecule has 6 nitrogen and oxygen atoms in total. The number of aromatic nitrogens is 1. The van der Waals surface area contributed by atoms with E-state index in [4.69, 9.17) is 14.5 Å². The molecule has 1 aliphatic heterocycles. The van der Waals surface area contributed by atoms with Crippen molar-refractivity contribution < 1.29 is 14.3 Å². The molecule has 0 fully saturated rings. The standard InChI is InChI=1S/C23H25N3O3S/c1-3-28-18-9-5-16(6-10-18)22-25-20-13-14-26(15-21(20)30-22)23(27)24-17-7-11-19(12-8-17)29-4-2/h5-12H,3-4,13-15H2,1-2H3,(H,24,27). The van der Waals surface area contributed by atoms with Crippen LogP contribution in [0.3, 0.4) is 0 Å². The van der Waals surface area contributed by atoms with Gasteiger partial charge in [0.05, 0.1) is 25.5 Å². The number of urea groups is 1. The fraction of sp³-hybridized carbons (Fsp3) is 0.304. The Bertz CT molecular complexity index is 1000. The lowest BCUT2D eigenvalue weighted by molar-refractivity contribution is 0.207. The summed E-state index contributed by atoms with van der Waals surface area (Å²) in [7, 11) is 0. The van der Waals surface area contributed by atoms with Gasteiger partial charge in [0.25, 0.3) is 0 Å². The molecule has 156 valence electrons. The van der Waals surface area contributed by atoms with Crippen molar-refractivity contribution in [2.24, 2.45) is 0 Å². The summed E-state index contributed by atoms with van der Waals surface area (Å²) in [5.41, 5.74) is 2.92. The number of fused-ring (bicyclic) bond motifs is 1. The molecule has 2 aromatic carbocycles. The number of rotatable bonds is 6. The highest BCUT2D eigenvalue weighted by atomic mass is 32.1. The number of amides is 2. The Labute approximate surface area is 180 Å². The molecular weight excluding hydrogens is 398 g/mol. The second-order valence-electron chi connectivity index (χ2n) is 6.91. The Hall–Kier alpha value is -3.06. The monoisotopic (exact) mass is 423 g/mol. The first-order chi connectivity index (χ1) is 14.7. The number of anilines is 1. The van der Waals surface area contributed by atoms with Crippen LogP contribution in [-0.4, -0.2) is 35.7 Å². The molecule has 0 radical (unpaired) electrons. The summed E-state index contributed by atoms with van der Waals surface area (Å²) in [6.07, 6.45) is 0.763. The van der Waals surface area contributed by atoms with E-state index in [-0.39, 0.29) is 6.03 Å². The molecular formula is C23H25N3O3S. The summed E-state index contributed by atoms with van der Waals surface area (Å²) >= 11 is 1.65. The molecule has 2 heterocycles. The second kappa shape index (κ2) is 9.17. The first kappa shape index (κ1) is 20.2. The first-order valence-corrected chi connectivity index (χ1v) is 11.0. The van der Waals surface area contributed by atoms with E-state index < -0.39 is 0 Å². The van der Waals surface area contributed by atoms with E-state index in [0.717, 1.165) is 44.7 Å². The van der Waals surface area contributed by atoms with Crippen molar-refractivity contribution in [2.45, 2.75) is 26.8 Å². The van der Waals surface area contributed by atoms with Gasteiger partial charge in [-0.25, -0.2) is 9.78 Å². The van der Waals surface area contributed by atoms with E-state index in [1.54, 1.807) is 11.3 Å². The van der Waals surface area contributed by atoms with E-state index in [1.165, 1.54) is 0 Å². The number of hydrogen-bond acceptors (Lipinski definition) is 5. The van der Waals surface area contributed by atoms with Crippen LogP contribution in [0.1, 0.15) is 24.4 Å². The Kier molecular flexibility index (Phi) is 6.18. The van der Waals surface area contributed by atoms with Crippen LogP contribution in [0.5, 0.6) is 11.5 Å². The Morgan fingerprint density at radius 2 is 1.67 bits per heavy atom. The molecule has 1 N–H and O–H groups in total. The van der Waals surface area contributed by atoms with Crippen molar-refractivity contribution in [3.8, 4) is 22.1 Å². The second-order valence-corrected chi connectivity index (χ2v) is 7.99. The maximum Gasteiger partial charge on any atom is 0.322 e. The van der Waals surface area contributed by atoms with E-state index in [0.29, 0.717) is 26.3 Å². The largest absolute Gasteiger partial charge is 0.494 e. The highest BCUT2D eigenvalue weighted by Gasteiger charge is 2.24. The number of benzene rings is 2. The number of thiazole rings is 1. The fourth-order valence-electron chi connectivity index (χ4n) is 3.36. The molecule has 0 bridgehead atoms. The number of nitrogens with zero attached hydrogens (tertiary/aromatic N) is 2. The summed E-state index contributed by atoms with van der Waals surface area (Å²) in [6.45, 7) is 6.42. The molecule has 0 saturated heterocycles. The molecule has 0 atom stereocenters. The van der Waals surface area contributed by atoms with Crippen molar-refractivity contribution in [3.63, 3.8) is 0 Å². The predicted octanol–water partition coefficient (Wildman–Crippen LogP) is 5.20. The van der Waals surface area contributed by atoms with E-state index in [2.05, 4.69) is 5.32 Å². The normalized spacial score (nSPS) is 12.9. The van der Waals surface area contributed by atoms with Crippen molar-refractivity contribution >= 4 is 23.1 Å². The molecule has 0 spiro atoms. The summed E-state index contributed by atoms with van der Waals surface area (Å²) in [6, 6.07) is 15.3. The zero-order valence-electron chi connectivity index (χ0n) is 17.2. The maximum absolute atomic E-state index is 12.7. The number of nitrogens with one attached hydrogen (secondary N) is 1. The molecule has 0 aliphatic carbocycles. The SMILES string of the molecule is CCOc1ccc(NC(=O)N2CCc3nc(-c4ccc(OCC)cc4)sc3C2)cc1. The third-order valence-electron chi connectivity index (χ3n) is 4.85. The van der Waals surface area contributed by atoms with Gasteiger partial charge in [-0.05, 0) is 62.4 Å². The van der Waals surface area contributed by atoms with E-state index in [1.807, 2.05) is 67.3 Å². The third kappa shape index (κ3) is 4.57. The zero-order valence-corrected chi connectivity index (χ0v) is 18.0. The average Bonchev–Trinajstić information content (AvgIpc) is 3.19. The fourth-order valence-corrected chi connectivity index (χ4v) is 4.49. The van der Waals surface area contributed by atoms with Crippen LogP contribution in [0.25, 0.3) is 10.6 Å². The molecule has 0 unspecified atom stereocenters. The summed E-state index contributed by atoms with van der Waals surface area (Å²) in [5, 5.41) is 3.95. The predicted molar refractivity (Wildman–Crippen MR) is 119 cm³/mol. The smallest absolute Gasteiger partial charge is 0.322 e. The van der Waals surface area contributed by atoms with Gasteiger partial charge in [-0.15, -0.1) is 11.3 Å². The maximum atomic E-state index is 12.7. The molecule has 30 heavy (non-hydrogen) atoms. The van der Waals surface area contributed by atoms with Crippen LogP contribution < -0.4 is 14.8 Å². The quantitative estimate of drug-likeness (QED) is 0.592. The Morgan fingerprint density at radius 3 is 2.30 bits per heavy atom. The zero-order chi connectivity index (χ0) is 20.9. The molecule has 0 saturated carbocycles. The van der Waals surface area contributed by atoms with Gasteiger partial charge in [0.1, 0.15) is 16.5 Å². The Morgan fingerprint density at radius 1 is 1.03 bits per heavy atom. The summed E-state index contributed by atoms with van der Waals surface area (Å²) in [4.78, 5) is 20.5. The van der Waals surface area contributed by atoms with Gasteiger partial charge in [-0.1, -0.05) is 0 Å². The van der Waals surface area contributed by atoms with E-state index in [9.17, 15) is 4.79 Å². The first-order valence-electron chi connectivity index (χ1n) is 10.2. The number of hydrogen-bond donors (Lipinski definition) is 1. The van der Waals surface area contributed by atoms with Crippen LogP contribution in [0.15, 0.2) is 48.5 Å².